The van der Waals surface area contributed by atoms with Crippen LogP contribution in [-0.4, -0.2) is 23.1 Å². The molecule has 98 valence electrons. The average molecular weight is 245 g/mol. The number of fused-ring (bicyclic) bond motifs is 2. The summed E-state index contributed by atoms with van der Waals surface area (Å²) in [5.74, 6) is 2.22. The van der Waals surface area contributed by atoms with E-state index in [9.17, 15) is 5.11 Å². The zero-order valence-electron chi connectivity index (χ0n) is 11.2. The summed E-state index contributed by atoms with van der Waals surface area (Å²) in [7, 11) is 0. The number of aromatic hydroxyl groups is 1. The minimum Gasteiger partial charge on any atom is -0.508 e. The van der Waals surface area contributed by atoms with Gasteiger partial charge < -0.3 is 5.11 Å². The van der Waals surface area contributed by atoms with Crippen molar-refractivity contribution in [1.29, 1.82) is 0 Å². The van der Waals surface area contributed by atoms with E-state index in [1.54, 1.807) is 12.1 Å². The monoisotopic (exact) mass is 245 g/mol. The Kier molecular flexibility index (Phi) is 3.29. The highest BCUT2D eigenvalue weighted by Crippen LogP contribution is 2.37. The molecule has 3 rings (SSSR count). The molecule has 0 spiro atoms. The molecule has 3 atom stereocenters. The number of hydrogen-bond donors (Lipinski definition) is 1. The molecule has 2 heteroatoms. The Hall–Kier alpha value is -1.02. The van der Waals surface area contributed by atoms with Crippen molar-refractivity contribution >= 4 is 0 Å². The summed E-state index contributed by atoms with van der Waals surface area (Å²) in [5, 5.41) is 9.37. The molecule has 0 amide bonds. The van der Waals surface area contributed by atoms with Crippen LogP contribution in [0.25, 0.3) is 0 Å². The molecule has 1 N–H and O–H groups in total. The van der Waals surface area contributed by atoms with Crippen molar-refractivity contribution in [2.45, 2.75) is 38.6 Å². The third kappa shape index (κ3) is 2.39. The molecule has 1 heterocycles. The van der Waals surface area contributed by atoms with Gasteiger partial charge in [-0.2, -0.15) is 0 Å². The molecule has 1 aromatic carbocycles. The van der Waals surface area contributed by atoms with Gasteiger partial charge in [0.2, 0.25) is 0 Å². The number of nitrogens with zero attached hydrogens (tertiary/aromatic N) is 1. The van der Waals surface area contributed by atoms with Crippen LogP contribution in [0.15, 0.2) is 24.3 Å². The summed E-state index contributed by atoms with van der Waals surface area (Å²) in [6.07, 6.45) is 5.75. The minimum atomic E-state index is 0.362. The summed E-state index contributed by atoms with van der Waals surface area (Å²) in [6.45, 7) is 4.82. The zero-order valence-corrected chi connectivity index (χ0v) is 11.2. The zero-order chi connectivity index (χ0) is 12.5. The lowest BCUT2D eigenvalue weighted by atomic mass is 9.77. The van der Waals surface area contributed by atoms with E-state index in [0.717, 1.165) is 11.8 Å². The van der Waals surface area contributed by atoms with Gasteiger partial charge in [0.15, 0.2) is 0 Å². The molecule has 1 saturated heterocycles. The van der Waals surface area contributed by atoms with E-state index in [4.69, 9.17) is 0 Å². The van der Waals surface area contributed by atoms with Crippen molar-refractivity contribution in [3.05, 3.63) is 29.8 Å². The van der Waals surface area contributed by atoms with Crippen LogP contribution >= 0.6 is 0 Å². The van der Waals surface area contributed by atoms with Crippen molar-refractivity contribution in [3.63, 3.8) is 0 Å². The Morgan fingerprint density at radius 1 is 1.11 bits per heavy atom. The number of hydrogen-bond acceptors (Lipinski definition) is 2. The van der Waals surface area contributed by atoms with Crippen LogP contribution in [0.3, 0.4) is 0 Å². The van der Waals surface area contributed by atoms with E-state index in [0.29, 0.717) is 11.8 Å². The molecule has 2 aliphatic rings. The summed E-state index contributed by atoms with van der Waals surface area (Å²) in [4.78, 5) is 2.64. The second kappa shape index (κ2) is 4.93. The van der Waals surface area contributed by atoms with Crippen molar-refractivity contribution in [3.8, 4) is 5.75 Å². The fraction of sp³-hybridized carbons (Fsp3) is 0.625. The van der Waals surface area contributed by atoms with Gasteiger partial charge in [0.05, 0.1) is 0 Å². The summed E-state index contributed by atoms with van der Waals surface area (Å²) < 4.78 is 0. The maximum absolute atomic E-state index is 9.37. The largest absolute Gasteiger partial charge is 0.508 e. The highest BCUT2D eigenvalue weighted by atomic mass is 16.3. The predicted octanol–water partition coefficient (Wildman–Crippen LogP) is 3.58. The first-order valence-electron chi connectivity index (χ1n) is 7.25. The summed E-state index contributed by atoms with van der Waals surface area (Å²) in [5.41, 5.74) is 1.33. The van der Waals surface area contributed by atoms with Crippen LogP contribution in [0, 0.1) is 11.8 Å². The van der Waals surface area contributed by atoms with Crippen molar-refractivity contribution in [1.82, 2.24) is 4.90 Å². The second-order valence-corrected chi connectivity index (χ2v) is 6.12. The maximum atomic E-state index is 9.37. The minimum absolute atomic E-state index is 0.362. The lowest BCUT2D eigenvalue weighted by Gasteiger charge is -2.44. The molecule has 1 aliphatic carbocycles. The smallest absolute Gasteiger partial charge is 0.115 e. The van der Waals surface area contributed by atoms with Gasteiger partial charge in [-0.3, -0.25) is 4.90 Å². The second-order valence-electron chi connectivity index (χ2n) is 6.12. The molecule has 1 aromatic rings. The van der Waals surface area contributed by atoms with Crippen LogP contribution in [0.4, 0.5) is 0 Å². The van der Waals surface area contributed by atoms with E-state index < -0.39 is 0 Å². The van der Waals surface area contributed by atoms with Gasteiger partial charge in [-0.1, -0.05) is 18.6 Å². The third-order valence-corrected chi connectivity index (χ3v) is 4.80. The number of piperidine rings is 1. The van der Waals surface area contributed by atoms with Crippen LogP contribution in [0.1, 0.15) is 44.2 Å². The quantitative estimate of drug-likeness (QED) is 0.861. The number of phenols is 1. The van der Waals surface area contributed by atoms with Gasteiger partial charge >= 0.3 is 0 Å². The molecule has 18 heavy (non-hydrogen) atoms. The summed E-state index contributed by atoms with van der Waals surface area (Å²) >= 11 is 0. The maximum Gasteiger partial charge on any atom is 0.115 e. The van der Waals surface area contributed by atoms with Crippen LogP contribution < -0.4 is 0 Å². The van der Waals surface area contributed by atoms with E-state index in [1.165, 1.54) is 44.3 Å². The first kappa shape index (κ1) is 12.0. The molecule has 3 unspecified atom stereocenters. The molecule has 0 radical (unpaired) electrons. The topological polar surface area (TPSA) is 23.5 Å². The average Bonchev–Trinajstić information content (AvgIpc) is 2.38. The molecular weight excluding hydrogens is 222 g/mol. The van der Waals surface area contributed by atoms with Gasteiger partial charge in [0, 0.05) is 19.1 Å². The SMILES string of the molecule is CC(c1ccc(O)cc1)N1CC2CCCC(C2)C1. The Morgan fingerprint density at radius 2 is 1.72 bits per heavy atom. The standard InChI is InChI=1S/C16H23NO/c1-12(15-5-7-16(18)8-6-15)17-10-13-3-2-4-14(9-13)11-17/h5-8,12-14,18H,2-4,9-11H2,1H3. The Bertz CT molecular complexity index is 388. The number of rotatable bonds is 2. The Balaban J connectivity index is 1.72. The van der Waals surface area contributed by atoms with E-state index in [-0.39, 0.29) is 0 Å². The first-order chi connectivity index (χ1) is 8.72. The predicted molar refractivity (Wildman–Crippen MR) is 73.5 cm³/mol. The van der Waals surface area contributed by atoms with Gasteiger partial charge in [-0.05, 0) is 55.7 Å². The lowest BCUT2D eigenvalue weighted by molar-refractivity contribution is 0.0583. The van der Waals surface area contributed by atoms with Crippen LogP contribution in [0.5, 0.6) is 5.75 Å². The van der Waals surface area contributed by atoms with Gasteiger partial charge in [0.25, 0.3) is 0 Å². The number of phenolic OH excluding ortho intramolecular Hbond substituents is 1. The lowest BCUT2D eigenvalue weighted by Crippen LogP contribution is -2.43. The molecule has 2 fully saturated rings. The van der Waals surface area contributed by atoms with Crippen molar-refractivity contribution in [2.24, 2.45) is 11.8 Å². The highest BCUT2D eigenvalue weighted by Gasteiger charge is 2.32. The molecule has 2 bridgehead atoms. The van der Waals surface area contributed by atoms with E-state index in [1.807, 2.05) is 0 Å². The number of likely N-dealkylation sites (tertiary alicyclic amines) is 1. The fourth-order valence-corrected chi connectivity index (χ4v) is 3.75. The fourth-order valence-electron chi connectivity index (χ4n) is 3.75. The van der Waals surface area contributed by atoms with Crippen LogP contribution in [0.2, 0.25) is 0 Å². The normalized spacial score (nSPS) is 30.1. The molecule has 0 aromatic heterocycles. The number of benzene rings is 1. The molecule has 2 nitrogen and oxygen atoms in total. The van der Waals surface area contributed by atoms with Crippen molar-refractivity contribution < 1.29 is 5.11 Å². The third-order valence-electron chi connectivity index (χ3n) is 4.80. The highest BCUT2D eigenvalue weighted by molar-refractivity contribution is 5.27. The Labute approximate surface area is 110 Å². The van der Waals surface area contributed by atoms with E-state index in [2.05, 4.69) is 24.0 Å². The van der Waals surface area contributed by atoms with Gasteiger partial charge in [-0.15, -0.1) is 0 Å². The summed E-state index contributed by atoms with van der Waals surface area (Å²) in [6, 6.07) is 8.20. The molecule has 1 saturated carbocycles. The van der Waals surface area contributed by atoms with Crippen molar-refractivity contribution in [2.75, 3.05) is 13.1 Å². The van der Waals surface area contributed by atoms with Gasteiger partial charge in [0.1, 0.15) is 5.75 Å². The Morgan fingerprint density at radius 3 is 2.33 bits per heavy atom. The molecule has 1 aliphatic heterocycles. The van der Waals surface area contributed by atoms with Crippen LogP contribution in [-0.2, 0) is 0 Å². The molecular formula is C16H23NO. The van der Waals surface area contributed by atoms with Gasteiger partial charge in [-0.25, -0.2) is 0 Å². The van der Waals surface area contributed by atoms with E-state index >= 15 is 0 Å². The first-order valence-corrected chi connectivity index (χ1v) is 7.25.